The molecule has 1 aromatic carbocycles. The molecule has 0 spiro atoms. The zero-order chi connectivity index (χ0) is 8.27. The van der Waals surface area contributed by atoms with Gasteiger partial charge in [-0.25, -0.2) is 0 Å². The lowest BCUT2D eigenvalue weighted by molar-refractivity contribution is 1.44. The summed E-state index contributed by atoms with van der Waals surface area (Å²) in [4.78, 5) is 0. The van der Waals surface area contributed by atoms with Crippen molar-refractivity contribution in [2.75, 3.05) is 0 Å². The van der Waals surface area contributed by atoms with E-state index < -0.39 is 0 Å². The number of allylic oxidation sites excluding steroid dienone is 1. The van der Waals surface area contributed by atoms with E-state index in [9.17, 15) is 0 Å². The summed E-state index contributed by atoms with van der Waals surface area (Å²) in [6, 6.07) is 5.90. The molecule has 0 fully saturated rings. The molecular formula is C10H11Cl. The Morgan fingerprint density at radius 3 is 2.64 bits per heavy atom. The van der Waals surface area contributed by atoms with Gasteiger partial charge in [0.15, 0.2) is 0 Å². The normalized spacial score (nSPS) is 10.8. The van der Waals surface area contributed by atoms with Crippen LogP contribution in [0.4, 0.5) is 0 Å². The fourth-order valence-electron chi connectivity index (χ4n) is 1.01. The van der Waals surface area contributed by atoms with Crippen LogP contribution in [0.5, 0.6) is 0 Å². The van der Waals surface area contributed by atoms with E-state index in [0.29, 0.717) is 0 Å². The van der Waals surface area contributed by atoms with Crippen molar-refractivity contribution in [1.82, 2.24) is 0 Å². The predicted molar refractivity (Wildman–Crippen MR) is 50.9 cm³/mol. The van der Waals surface area contributed by atoms with Gasteiger partial charge < -0.3 is 0 Å². The summed E-state index contributed by atoms with van der Waals surface area (Å²) < 4.78 is 0. The van der Waals surface area contributed by atoms with E-state index in [4.69, 9.17) is 11.6 Å². The van der Waals surface area contributed by atoms with Gasteiger partial charge in [-0.3, -0.25) is 0 Å². The molecule has 1 heteroatoms. The third-order valence-electron chi connectivity index (χ3n) is 1.58. The smallest absolute Gasteiger partial charge is 0.0409 e. The molecule has 0 aliphatic carbocycles. The quantitative estimate of drug-likeness (QED) is 0.597. The van der Waals surface area contributed by atoms with Gasteiger partial charge in [-0.05, 0) is 37.1 Å². The second-order valence-electron chi connectivity index (χ2n) is 2.50. The van der Waals surface area contributed by atoms with Crippen molar-refractivity contribution in [1.29, 1.82) is 0 Å². The van der Waals surface area contributed by atoms with Crippen molar-refractivity contribution >= 4 is 17.7 Å². The maximum absolute atomic E-state index is 5.79. The summed E-state index contributed by atoms with van der Waals surface area (Å²) in [7, 11) is 0. The lowest BCUT2D eigenvalue weighted by Crippen LogP contribution is -1.78. The van der Waals surface area contributed by atoms with Gasteiger partial charge >= 0.3 is 0 Å². The Morgan fingerprint density at radius 2 is 2.09 bits per heavy atom. The van der Waals surface area contributed by atoms with Crippen LogP contribution in [0.2, 0.25) is 5.02 Å². The minimum absolute atomic E-state index is 0.802. The maximum atomic E-state index is 5.79. The fraction of sp³-hybridized carbons (Fsp3) is 0.200. The van der Waals surface area contributed by atoms with Crippen molar-refractivity contribution in [3.63, 3.8) is 0 Å². The summed E-state index contributed by atoms with van der Waals surface area (Å²) in [5.74, 6) is 0. The predicted octanol–water partition coefficient (Wildman–Crippen LogP) is 3.68. The monoisotopic (exact) mass is 166 g/mol. The van der Waals surface area contributed by atoms with Crippen LogP contribution in [-0.2, 0) is 0 Å². The van der Waals surface area contributed by atoms with Crippen LogP contribution in [0.25, 0.3) is 6.08 Å². The number of hydrogen-bond acceptors (Lipinski definition) is 0. The van der Waals surface area contributed by atoms with E-state index in [1.165, 1.54) is 11.1 Å². The Bertz CT molecular complexity index is 274. The van der Waals surface area contributed by atoms with Gasteiger partial charge in [-0.1, -0.05) is 29.8 Å². The molecule has 0 radical (unpaired) electrons. The average Bonchev–Trinajstić information content (AvgIpc) is 1.95. The molecule has 1 aromatic rings. The van der Waals surface area contributed by atoms with E-state index >= 15 is 0 Å². The summed E-state index contributed by atoms with van der Waals surface area (Å²) in [5, 5.41) is 0.802. The number of aryl methyl sites for hydroxylation is 1. The van der Waals surface area contributed by atoms with E-state index in [0.717, 1.165) is 5.02 Å². The molecule has 0 saturated carbocycles. The first-order valence-corrected chi connectivity index (χ1v) is 4.00. The van der Waals surface area contributed by atoms with Crippen LogP contribution in [0, 0.1) is 6.92 Å². The second-order valence-corrected chi connectivity index (χ2v) is 2.94. The largest absolute Gasteiger partial charge is 0.0871 e. The van der Waals surface area contributed by atoms with Crippen molar-refractivity contribution in [2.45, 2.75) is 13.8 Å². The van der Waals surface area contributed by atoms with Gasteiger partial charge in [0.1, 0.15) is 0 Å². The lowest BCUT2D eigenvalue weighted by Gasteiger charge is -1.99. The topological polar surface area (TPSA) is 0 Å². The third kappa shape index (κ3) is 2.09. The van der Waals surface area contributed by atoms with Crippen LogP contribution < -0.4 is 0 Å². The van der Waals surface area contributed by atoms with Crippen LogP contribution >= 0.6 is 11.6 Å². The summed E-state index contributed by atoms with van der Waals surface area (Å²) >= 11 is 5.79. The second kappa shape index (κ2) is 3.59. The molecule has 0 aromatic heterocycles. The average molecular weight is 167 g/mol. The van der Waals surface area contributed by atoms with Gasteiger partial charge in [0.2, 0.25) is 0 Å². The van der Waals surface area contributed by atoms with Crippen LogP contribution in [0.3, 0.4) is 0 Å². The number of hydrogen-bond donors (Lipinski definition) is 0. The first kappa shape index (κ1) is 8.35. The standard InChI is InChI=1S/C10H11Cl/c1-3-4-9-5-6-10(11)7-8(9)2/h3-7H,1-2H3/b4-3+. The van der Waals surface area contributed by atoms with Gasteiger partial charge in [-0.2, -0.15) is 0 Å². The molecule has 0 atom stereocenters. The van der Waals surface area contributed by atoms with Crippen LogP contribution in [0.1, 0.15) is 18.1 Å². The fourth-order valence-corrected chi connectivity index (χ4v) is 1.23. The Labute approximate surface area is 72.5 Å². The van der Waals surface area contributed by atoms with Crippen molar-refractivity contribution < 1.29 is 0 Å². The SMILES string of the molecule is C/C=C/c1ccc(Cl)cc1C. The Morgan fingerprint density at radius 1 is 1.36 bits per heavy atom. The third-order valence-corrected chi connectivity index (χ3v) is 1.81. The van der Waals surface area contributed by atoms with Crippen LogP contribution in [0.15, 0.2) is 24.3 Å². The maximum Gasteiger partial charge on any atom is 0.0409 e. The highest BCUT2D eigenvalue weighted by Crippen LogP contribution is 2.15. The van der Waals surface area contributed by atoms with Gasteiger partial charge in [-0.15, -0.1) is 0 Å². The summed E-state index contributed by atoms with van der Waals surface area (Å²) in [5.41, 5.74) is 2.45. The molecule has 1 rings (SSSR count). The van der Waals surface area contributed by atoms with E-state index in [-0.39, 0.29) is 0 Å². The molecule has 0 bridgehead atoms. The van der Waals surface area contributed by atoms with Crippen LogP contribution in [-0.4, -0.2) is 0 Å². The molecule has 0 heterocycles. The molecule has 0 unspecified atom stereocenters. The highest BCUT2D eigenvalue weighted by atomic mass is 35.5. The molecule has 11 heavy (non-hydrogen) atoms. The molecule has 0 saturated heterocycles. The van der Waals surface area contributed by atoms with Crippen molar-refractivity contribution in [3.05, 3.63) is 40.4 Å². The number of halogens is 1. The first-order valence-electron chi connectivity index (χ1n) is 3.63. The Balaban J connectivity index is 3.09. The Hall–Kier alpha value is -0.750. The summed E-state index contributed by atoms with van der Waals surface area (Å²) in [6.07, 6.45) is 4.10. The molecule has 0 aliphatic heterocycles. The molecule has 0 amide bonds. The number of benzene rings is 1. The van der Waals surface area contributed by atoms with Gasteiger partial charge in [0.25, 0.3) is 0 Å². The summed E-state index contributed by atoms with van der Waals surface area (Å²) in [6.45, 7) is 4.06. The minimum Gasteiger partial charge on any atom is -0.0871 e. The van der Waals surface area contributed by atoms with Gasteiger partial charge in [0.05, 0.1) is 0 Å². The minimum atomic E-state index is 0.802. The van der Waals surface area contributed by atoms with Gasteiger partial charge in [0, 0.05) is 5.02 Å². The molecular weight excluding hydrogens is 156 g/mol. The zero-order valence-electron chi connectivity index (χ0n) is 6.76. The van der Waals surface area contributed by atoms with E-state index in [1.54, 1.807) is 0 Å². The molecule has 58 valence electrons. The Kier molecular flexibility index (Phi) is 2.72. The zero-order valence-corrected chi connectivity index (χ0v) is 7.52. The molecule has 0 N–H and O–H groups in total. The number of rotatable bonds is 1. The van der Waals surface area contributed by atoms with Crippen molar-refractivity contribution in [3.8, 4) is 0 Å². The first-order chi connectivity index (χ1) is 5.24. The highest BCUT2D eigenvalue weighted by molar-refractivity contribution is 6.30. The van der Waals surface area contributed by atoms with E-state index in [1.807, 2.05) is 31.2 Å². The molecule has 0 nitrogen and oxygen atoms in total. The highest BCUT2D eigenvalue weighted by Gasteiger charge is 1.93. The lowest BCUT2D eigenvalue weighted by atomic mass is 10.1. The molecule has 0 aliphatic rings. The van der Waals surface area contributed by atoms with Crippen molar-refractivity contribution in [2.24, 2.45) is 0 Å². The van der Waals surface area contributed by atoms with E-state index in [2.05, 4.69) is 13.0 Å².